The standard InChI is InChI=1S/C21H25N7O2/c1-3-13-9-27-19(24-20(13)29)6-14(25-27)10-26-11-16-7-17(12-26)28(16)15-4-5-18(23-8-15)21(30)22-2/h4-6,8-9,16-17H,3,7,10-12H2,1-2H3,(H,22,30)(H,24,29). The topological polar surface area (TPSA) is 98.6 Å². The van der Waals surface area contributed by atoms with Crippen LogP contribution in [0.4, 0.5) is 5.69 Å². The lowest BCUT2D eigenvalue weighted by atomic mass is 9.86. The van der Waals surface area contributed by atoms with Crippen LogP contribution in [0.5, 0.6) is 0 Å². The molecule has 3 fully saturated rings. The van der Waals surface area contributed by atoms with Crippen LogP contribution in [-0.4, -0.2) is 62.6 Å². The minimum Gasteiger partial charge on any atom is -0.362 e. The zero-order valence-electron chi connectivity index (χ0n) is 17.1. The predicted molar refractivity (Wildman–Crippen MR) is 113 cm³/mol. The summed E-state index contributed by atoms with van der Waals surface area (Å²) >= 11 is 0. The Kier molecular flexibility index (Phi) is 4.54. The number of fused-ring (bicyclic) bond motifs is 3. The largest absolute Gasteiger partial charge is 0.362 e. The molecule has 0 radical (unpaired) electrons. The van der Waals surface area contributed by atoms with E-state index in [1.165, 1.54) is 6.42 Å². The highest BCUT2D eigenvalue weighted by Gasteiger charge is 2.44. The summed E-state index contributed by atoms with van der Waals surface area (Å²) in [6, 6.07) is 6.61. The Bertz CT molecular complexity index is 1140. The number of nitrogens with one attached hydrogen (secondary N) is 2. The van der Waals surface area contributed by atoms with Crippen molar-refractivity contribution in [2.75, 3.05) is 25.0 Å². The Morgan fingerprint density at radius 3 is 2.77 bits per heavy atom. The van der Waals surface area contributed by atoms with Crippen molar-refractivity contribution in [1.82, 2.24) is 29.8 Å². The third kappa shape index (κ3) is 3.15. The van der Waals surface area contributed by atoms with Gasteiger partial charge in [0.25, 0.3) is 11.5 Å². The molecule has 0 aromatic carbocycles. The van der Waals surface area contributed by atoms with Gasteiger partial charge in [0.1, 0.15) is 11.3 Å². The summed E-state index contributed by atoms with van der Waals surface area (Å²) in [6.45, 7) is 4.64. The number of anilines is 1. The van der Waals surface area contributed by atoms with Gasteiger partial charge in [-0.3, -0.25) is 14.5 Å². The van der Waals surface area contributed by atoms with E-state index >= 15 is 0 Å². The van der Waals surface area contributed by atoms with Gasteiger partial charge in [-0.05, 0) is 25.0 Å². The first-order chi connectivity index (χ1) is 14.6. The number of carbonyl (C=O) groups excluding carboxylic acids is 1. The summed E-state index contributed by atoms with van der Waals surface area (Å²) in [5.41, 5.74) is 3.90. The van der Waals surface area contributed by atoms with Crippen LogP contribution < -0.4 is 15.8 Å². The molecule has 2 N–H and O–H groups in total. The quantitative estimate of drug-likeness (QED) is 0.649. The fourth-order valence-corrected chi connectivity index (χ4v) is 4.65. The maximum absolute atomic E-state index is 12.0. The number of nitrogens with zero attached hydrogens (tertiary/aromatic N) is 5. The van der Waals surface area contributed by atoms with Crippen molar-refractivity contribution in [3.05, 3.63) is 57.9 Å². The molecule has 0 aliphatic carbocycles. The van der Waals surface area contributed by atoms with E-state index in [1.807, 2.05) is 25.3 Å². The van der Waals surface area contributed by atoms with Crippen LogP contribution in [0, 0.1) is 0 Å². The summed E-state index contributed by atoms with van der Waals surface area (Å²) < 4.78 is 1.77. The molecule has 3 aliphatic heterocycles. The normalized spacial score (nSPS) is 20.9. The van der Waals surface area contributed by atoms with Crippen molar-refractivity contribution in [3.63, 3.8) is 0 Å². The van der Waals surface area contributed by atoms with Crippen molar-refractivity contribution < 1.29 is 4.79 Å². The zero-order valence-corrected chi connectivity index (χ0v) is 17.1. The molecule has 3 saturated heterocycles. The van der Waals surface area contributed by atoms with E-state index in [1.54, 1.807) is 23.8 Å². The van der Waals surface area contributed by atoms with E-state index in [4.69, 9.17) is 0 Å². The molecule has 6 heterocycles. The van der Waals surface area contributed by atoms with E-state index in [0.29, 0.717) is 24.2 Å². The highest BCUT2D eigenvalue weighted by atomic mass is 16.1. The third-order valence-electron chi connectivity index (χ3n) is 6.14. The number of H-pyrrole nitrogens is 1. The van der Waals surface area contributed by atoms with Crippen molar-refractivity contribution in [3.8, 4) is 0 Å². The highest BCUT2D eigenvalue weighted by Crippen LogP contribution is 2.37. The van der Waals surface area contributed by atoms with Crippen molar-refractivity contribution in [2.24, 2.45) is 0 Å². The highest BCUT2D eigenvalue weighted by molar-refractivity contribution is 5.92. The molecule has 6 rings (SSSR count). The van der Waals surface area contributed by atoms with Gasteiger partial charge in [0.15, 0.2) is 0 Å². The second kappa shape index (κ2) is 7.24. The van der Waals surface area contributed by atoms with Crippen LogP contribution in [0.1, 0.15) is 35.1 Å². The predicted octanol–water partition coefficient (Wildman–Crippen LogP) is 0.803. The van der Waals surface area contributed by atoms with Crippen LogP contribution in [0.15, 0.2) is 35.4 Å². The summed E-state index contributed by atoms with van der Waals surface area (Å²) in [5.74, 6) is -0.170. The number of hydrogen-bond acceptors (Lipinski definition) is 6. The molecule has 30 heavy (non-hydrogen) atoms. The van der Waals surface area contributed by atoms with Crippen molar-refractivity contribution in [1.29, 1.82) is 0 Å². The second-order valence-corrected chi connectivity index (χ2v) is 8.05. The van der Waals surface area contributed by atoms with E-state index in [0.717, 1.165) is 42.2 Å². The molecule has 9 nitrogen and oxygen atoms in total. The number of aryl methyl sites for hydroxylation is 1. The fourth-order valence-electron chi connectivity index (χ4n) is 4.65. The lowest BCUT2D eigenvalue weighted by Gasteiger charge is -2.57. The number of pyridine rings is 1. The molecular formula is C21H25N7O2. The Morgan fingerprint density at radius 2 is 2.10 bits per heavy atom. The summed E-state index contributed by atoms with van der Waals surface area (Å²) in [6.07, 6.45) is 5.47. The lowest BCUT2D eigenvalue weighted by Crippen LogP contribution is -2.68. The fraction of sp³-hybridized carbons (Fsp3) is 0.429. The lowest BCUT2D eigenvalue weighted by molar-refractivity contribution is 0.0958. The van der Waals surface area contributed by atoms with Crippen molar-refractivity contribution in [2.45, 2.75) is 38.4 Å². The Hall–Kier alpha value is -3.20. The number of aromatic amines is 1. The average Bonchev–Trinajstić information content (AvgIpc) is 3.13. The number of aromatic nitrogens is 4. The molecule has 2 unspecified atom stereocenters. The number of piperidine rings is 1. The van der Waals surface area contributed by atoms with Gasteiger partial charge in [-0.2, -0.15) is 5.10 Å². The van der Waals surface area contributed by atoms with Crippen LogP contribution in [-0.2, 0) is 13.0 Å². The van der Waals surface area contributed by atoms with Gasteiger partial charge in [0.05, 0.1) is 17.6 Å². The third-order valence-corrected chi connectivity index (χ3v) is 6.14. The Balaban J connectivity index is 1.27. The molecule has 3 aromatic heterocycles. The van der Waals surface area contributed by atoms with Crippen LogP contribution >= 0.6 is 0 Å². The van der Waals surface area contributed by atoms with Gasteiger partial charge in [-0.25, -0.2) is 9.50 Å². The average molecular weight is 407 g/mol. The molecule has 2 bridgehead atoms. The maximum atomic E-state index is 12.0. The molecule has 2 atom stereocenters. The van der Waals surface area contributed by atoms with Crippen molar-refractivity contribution >= 4 is 17.2 Å². The second-order valence-electron chi connectivity index (χ2n) is 8.05. The van der Waals surface area contributed by atoms with Gasteiger partial charge in [0.2, 0.25) is 0 Å². The number of hydrogen-bond donors (Lipinski definition) is 2. The summed E-state index contributed by atoms with van der Waals surface area (Å²) in [5, 5.41) is 7.25. The van der Waals surface area contributed by atoms with Gasteiger partial charge in [0, 0.05) is 56.6 Å². The number of amides is 1. The molecule has 9 heteroatoms. The summed E-state index contributed by atoms with van der Waals surface area (Å²) in [7, 11) is 1.61. The number of carbonyl (C=O) groups is 1. The summed E-state index contributed by atoms with van der Waals surface area (Å²) in [4.78, 5) is 35.8. The minimum absolute atomic E-state index is 0.0395. The van der Waals surface area contributed by atoms with E-state index in [-0.39, 0.29) is 11.5 Å². The smallest absolute Gasteiger partial charge is 0.269 e. The molecule has 1 amide bonds. The SMILES string of the molecule is CCc1cn2nc(CN3CC4CC(C3)N4c3ccc(C(=O)NC)nc3)cc2[nH]c1=O. The molecule has 3 aliphatic rings. The first-order valence-electron chi connectivity index (χ1n) is 10.3. The molecule has 156 valence electrons. The van der Waals surface area contributed by atoms with E-state index in [9.17, 15) is 9.59 Å². The molecular weight excluding hydrogens is 382 g/mol. The van der Waals surface area contributed by atoms with Gasteiger partial charge < -0.3 is 15.2 Å². The first kappa shape index (κ1) is 18.8. The van der Waals surface area contributed by atoms with Gasteiger partial charge >= 0.3 is 0 Å². The number of piperazine rings is 1. The minimum atomic E-state index is -0.170. The van der Waals surface area contributed by atoms with E-state index < -0.39 is 0 Å². The maximum Gasteiger partial charge on any atom is 0.269 e. The van der Waals surface area contributed by atoms with E-state index in [2.05, 4.69) is 30.2 Å². The number of rotatable bonds is 5. The zero-order chi connectivity index (χ0) is 20.8. The molecule has 0 saturated carbocycles. The van der Waals surface area contributed by atoms with Gasteiger partial charge in [-0.15, -0.1) is 0 Å². The molecule has 0 spiro atoms. The Labute approximate surface area is 173 Å². The van der Waals surface area contributed by atoms with Crippen LogP contribution in [0.25, 0.3) is 5.65 Å². The van der Waals surface area contributed by atoms with Gasteiger partial charge in [-0.1, -0.05) is 6.92 Å². The Morgan fingerprint density at radius 1 is 1.30 bits per heavy atom. The van der Waals surface area contributed by atoms with Crippen LogP contribution in [0.3, 0.4) is 0 Å². The van der Waals surface area contributed by atoms with Crippen LogP contribution in [0.2, 0.25) is 0 Å². The first-order valence-corrected chi connectivity index (χ1v) is 10.3. The molecule has 3 aromatic rings. The monoisotopic (exact) mass is 407 g/mol.